The molecule has 1 aliphatic heterocycles. The monoisotopic (exact) mass is 539 g/mol. The van der Waals surface area contributed by atoms with E-state index in [-0.39, 0.29) is 39.7 Å². The van der Waals surface area contributed by atoms with Crippen molar-refractivity contribution >= 4 is 69.5 Å². The Morgan fingerprint density at radius 2 is 1.91 bits per heavy atom. The molecule has 0 bridgehead atoms. The summed E-state index contributed by atoms with van der Waals surface area (Å²) in [5.41, 5.74) is 0.481. The van der Waals surface area contributed by atoms with Crippen molar-refractivity contribution in [1.29, 1.82) is 0 Å². The maximum absolute atomic E-state index is 13.1. The first-order valence-corrected chi connectivity index (χ1v) is 13.3. The number of allylic oxidation sites excluding steroid dienone is 1. The van der Waals surface area contributed by atoms with Crippen LogP contribution in [0.4, 0.5) is 0 Å². The summed E-state index contributed by atoms with van der Waals surface area (Å²) in [4.78, 5) is 28.2. The molecule has 2 aliphatic carbocycles. The Labute approximate surface area is 219 Å². The van der Waals surface area contributed by atoms with Gasteiger partial charge in [0.05, 0.1) is 17.9 Å². The van der Waals surface area contributed by atoms with Gasteiger partial charge >= 0.3 is 5.97 Å². The SMILES string of the molecule is COc1cc(/C=C2\SC(=S)N(C3CCCCC3)C2=O)ccc1OC(=O)C1C(C=C(Cl)Cl)C1(C)C. The van der Waals surface area contributed by atoms with Gasteiger partial charge < -0.3 is 9.47 Å². The molecule has 1 saturated heterocycles. The van der Waals surface area contributed by atoms with E-state index >= 15 is 0 Å². The van der Waals surface area contributed by atoms with E-state index in [1.165, 1.54) is 25.3 Å². The summed E-state index contributed by atoms with van der Waals surface area (Å²) in [5.74, 6) is -0.0932. The number of hydrogen-bond donors (Lipinski definition) is 0. The average Bonchev–Trinajstić information content (AvgIpc) is 3.20. The molecule has 1 aromatic carbocycles. The summed E-state index contributed by atoms with van der Waals surface area (Å²) in [7, 11) is 1.51. The summed E-state index contributed by atoms with van der Waals surface area (Å²) in [5, 5.41) is 0. The van der Waals surface area contributed by atoms with Gasteiger partial charge in [-0.05, 0) is 54.0 Å². The fraction of sp³-hybridized carbons (Fsp3) is 0.480. The van der Waals surface area contributed by atoms with Crippen molar-refractivity contribution < 1.29 is 19.1 Å². The number of methoxy groups -OCH3 is 1. The number of carbonyl (C=O) groups is 2. The van der Waals surface area contributed by atoms with Crippen LogP contribution in [0.25, 0.3) is 6.08 Å². The van der Waals surface area contributed by atoms with Crippen LogP contribution in [-0.4, -0.2) is 34.2 Å². The molecule has 3 aliphatic rings. The molecule has 0 radical (unpaired) electrons. The number of benzene rings is 1. The number of rotatable bonds is 6. The van der Waals surface area contributed by atoms with E-state index in [4.69, 9.17) is 44.9 Å². The summed E-state index contributed by atoms with van der Waals surface area (Å²) >= 11 is 18.4. The number of carbonyl (C=O) groups excluding carboxylic acids is 2. The number of thioether (sulfide) groups is 1. The first-order valence-electron chi connectivity index (χ1n) is 11.3. The molecule has 2 saturated carbocycles. The molecule has 5 nitrogen and oxygen atoms in total. The summed E-state index contributed by atoms with van der Waals surface area (Å²) in [6, 6.07) is 5.42. The number of nitrogens with zero attached hydrogens (tertiary/aromatic N) is 1. The maximum Gasteiger partial charge on any atom is 0.315 e. The van der Waals surface area contributed by atoms with E-state index in [2.05, 4.69) is 0 Å². The third-order valence-corrected chi connectivity index (χ3v) is 8.51. The average molecular weight is 541 g/mol. The van der Waals surface area contributed by atoms with Gasteiger partial charge in [-0.2, -0.15) is 0 Å². The van der Waals surface area contributed by atoms with Gasteiger partial charge in [-0.3, -0.25) is 14.5 Å². The molecule has 0 spiro atoms. The van der Waals surface area contributed by atoms with E-state index in [9.17, 15) is 9.59 Å². The molecule has 2 unspecified atom stereocenters. The normalized spacial score (nSPS) is 25.4. The van der Waals surface area contributed by atoms with Crippen molar-refractivity contribution in [2.24, 2.45) is 17.3 Å². The van der Waals surface area contributed by atoms with Gasteiger partial charge in [0, 0.05) is 6.04 Å². The Bertz CT molecular complexity index is 1070. The number of hydrogen-bond acceptors (Lipinski definition) is 6. The fourth-order valence-corrected chi connectivity index (χ4v) is 6.56. The molecule has 4 rings (SSSR count). The van der Waals surface area contributed by atoms with Gasteiger partial charge in [0.25, 0.3) is 5.91 Å². The molecule has 3 fully saturated rings. The predicted molar refractivity (Wildman–Crippen MR) is 141 cm³/mol. The Morgan fingerprint density at radius 3 is 2.56 bits per heavy atom. The molecule has 2 atom stereocenters. The first-order chi connectivity index (χ1) is 16.1. The molecule has 0 aromatic heterocycles. The maximum atomic E-state index is 13.1. The highest BCUT2D eigenvalue weighted by Gasteiger charge is 2.61. The number of ether oxygens (including phenoxy) is 2. The number of esters is 1. The lowest BCUT2D eigenvalue weighted by Crippen LogP contribution is -2.39. The summed E-state index contributed by atoms with van der Waals surface area (Å²) < 4.78 is 11.9. The molecular formula is C25H27Cl2NO4S2. The second kappa shape index (κ2) is 10.2. The van der Waals surface area contributed by atoms with Crippen molar-refractivity contribution in [1.82, 2.24) is 4.90 Å². The third-order valence-electron chi connectivity index (χ3n) is 6.93. The molecule has 0 N–H and O–H groups in total. The van der Waals surface area contributed by atoms with Crippen molar-refractivity contribution in [2.75, 3.05) is 7.11 Å². The van der Waals surface area contributed by atoms with Crippen LogP contribution < -0.4 is 9.47 Å². The lowest BCUT2D eigenvalue weighted by molar-refractivity contribution is -0.136. The Hall–Kier alpha value is -1.54. The third kappa shape index (κ3) is 5.18. The summed E-state index contributed by atoms with van der Waals surface area (Å²) in [6.07, 6.45) is 8.97. The van der Waals surface area contributed by atoms with Gasteiger partial charge in [0.15, 0.2) is 11.5 Å². The van der Waals surface area contributed by atoms with Crippen LogP contribution in [0.1, 0.15) is 51.5 Å². The van der Waals surface area contributed by atoms with Crippen molar-refractivity contribution in [3.05, 3.63) is 39.2 Å². The van der Waals surface area contributed by atoms with Crippen LogP contribution in [0.2, 0.25) is 0 Å². The number of halogens is 2. The largest absolute Gasteiger partial charge is 0.493 e. The minimum atomic E-state index is -0.361. The van der Waals surface area contributed by atoms with E-state index in [0.29, 0.717) is 20.7 Å². The van der Waals surface area contributed by atoms with E-state index < -0.39 is 0 Å². The van der Waals surface area contributed by atoms with Gasteiger partial charge in [0.1, 0.15) is 8.81 Å². The number of thiocarbonyl (C=S) groups is 1. The molecule has 1 amide bonds. The summed E-state index contributed by atoms with van der Waals surface area (Å²) in [6.45, 7) is 3.95. The van der Waals surface area contributed by atoms with Crippen molar-refractivity contribution in [2.45, 2.75) is 52.0 Å². The van der Waals surface area contributed by atoms with Crippen LogP contribution in [0, 0.1) is 17.3 Å². The second-order valence-corrected chi connectivity index (χ2v) is 12.1. The van der Waals surface area contributed by atoms with Crippen molar-refractivity contribution in [3.63, 3.8) is 0 Å². The van der Waals surface area contributed by atoms with Crippen LogP contribution in [0.5, 0.6) is 11.5 Å². The zero-order valence-electron chi connectivity index (χ0n) is 19.3. The lowest BCUT2D eigenvalue weighted by atomic mass is 9.94. The van der Waals surface area contributed by atoms with Crippen LogP contribution in [-0.2, 0) is 9.59 Å². The topological polar surface area (TPSA) is 55.8 Å². The van der Waals surface area contributed by atoms with Crippen LogP contribution >= 0.6 is 47.2 Å². The minimum Gasteiger partial charge on any atom is -0.493 e. The Kier molecular flexibility index (Phi) is 7.67. The van der Waals surface area contributed by atoms with Crippen LogP contribution in [0.3, 0.4) is 0 Å². The van der Waals surface area contributed by atoms with Gasteiger partial charge in [-0.25, -0.2) is 0 Å². The highest BCUT2D eigenvalue weighted by atomic mass is 35.5. The van der Waals surface area contributed by atoms with Crippen molar-refractivity contribution in [3.8, 4) is 11.5 Å². The fourth-order valence-electron chi connectivity index (χ4n) is 4.89. The predicted octanol–water partition coefficient (Wildman–Crippen LogP) is 6.73. The molecule has 1 heterocycles. The minimum absolute atomic E-state index is 0.0376. The number of amides is 1. The molecule has 1 aromatic rings. The zero-order chi connectivity index (χ0) is 24.6. The highest BCUT2D eigenvalue weighted by molar-refractivity contribution is 8.26. The van der Waals surface area contributed by atoms with E-state index in [0.717, 1.165) is 31.2 Å². The first kappa shape index (κ1) is 25.5. The van der Waals surface area contributed by atoms with Gasteiger partial charge in [-0.15, -0.1) is 0 Å². The highest BCUT2D eigenvalue weighted by Crippen LogP contribution is 2.60. The second-order valence-electron chi connectivity index (χ2n) is 9.46. The molecule has 182 valence electrons. The zero-order valence-corrected chi connectivity index (χ0v) is 22.5. The quantitative estimate of drug-likeness (QED) is 0.173. The van der Waals surface area contributed by atoms with Crippen LogP contribution in [0.15, 0.2) is 33.7 Å². The Morgan fingerprint density at radius 1 is 1.21 bits per heavy atom. The molecule has 9 heteroatoms. The molecular weight excluding hydrogens is 513 g/mol. The van der Waals surface area contributed by atoms with Gasteiger partial charge in [0.2, 0.25) is 0 Å². The van der Waals surface area contributed by atoms with E-state index in [1.54, 1.807) is 29.2 Å². The smallest absolute Gasteiger partial charge is 0.315 e. The van der Waals surface area contributed by atoms with Gasteiger partial charge in [-0.1, -0.05) is 86.4 Å². The van der Waals surface area contributed by atoms with E-state index in [1.807, 2.05) is 19.9 Å². The molecule has 34 heavy (non-hydrogen) atoms. The standard InChI is InChI=1S/C25H27Cl2NO4S2/c1-25(2)16(13-20(26)27)21(25)23(30)32-17-10-9-14(11-18(17)31-3)12-19-22(29)28(24(33)34-19)15-7-5-4-6-8-15/h9-13,15-16,21H,4-8H2,1-3H3/b19-12-. The Balaban J connectivity index is 1.49. The lowest BCUT2D eigenvalue weighted by Gasteiger charge is -2.29.